The van der Waals surface area contributed by atoms with Crippen LogP contribution in [0.4, 0.5) is 0 Å². The van der Waals surface area contributed by atoms with E-state index < -0.39 is 6.10 Å². The van der Waals surface area contributed by atoms with E-state index in [2.05, 4.69) is 26.7 Å². The van der Waals surface area contributed by atoms with Crippen LogP contribution in [0, 0.1) is 5.41 Å². The molecular formula is C25H31ClN2O3S2. The highest BCUT2D eigenvalue weighted by Gasteiger charge is 2.34. The second-order valence-corrected chi connectivity index (χ2v) is 11.1. The molecule has 5 nitrogen and oxygen atoms in total. The minimum atomic E-state index is -0.724. The van der Waals surface area contributed by atoms with Crippen molar-refractivity contribution in [2.75, 3.05) is 39.1 Å². The average Bonchev–Trinajstić information content (AvgIpc) is 3.36. The fourth-order valence-corrected chi connectivity index (χ4v) is 6.65. The lowest BCUT2D eigenvalue weighted by Gasteiger charge is -2.41. The Bertz CT molecular complexity index is 1040. The first-order valence-electron chi connectivity index (χ1n) is 11.3. The molecule has 0 radical (unpaired) electrons. The van der Waals surface area contributed by atoms with Gasteiger partial charge in [0.1, 0.15) is 5.75 Å². The number of thioether (sulfide) groups is 1. The van der Waals surface area contributed by atoms with E-state index in [1.54, 1.807) is 24.6 Å². The van der Waals surface area contributed by atoms with Crippen molar-refractivity contribution >= 4 is 45.6 Å². The van der Waals surface area contributed by atoms with E-state index in [0.717, 1.165) is 55.6 Å². The molecule has 178 valence electrons. The summed E-state index contributed by atoms with van der Waals surface area (Å²) in [6.45, 7) is 3.18. The predicted octanol–water partition coefficient (Wildman–Crippen LogP) is 5.64. The smallest absolute Gasteiger partial charge is 0.119 e. The van der Waals surface area contributed by atoms with E-state index in [4.69, 9.17) is 16.3 Å². The van der Waals surface area contributed by atoms with E-state index in [9.17, 15) is 10.2 Å². The van der Waals surface area contributed by atoms with Gasteiger partial charge in [0.15, 0.2) is 0 Å². The first-order chi connectivity index (χ1) is 16.0. The molecule has 0 unspecified atom stereocenters. The average molecular weight is 507 g/mol. The highest BCUT2D eigenvalue weighted by atomic mass is 35.5. The van der Waals surface area contributed by atoms with Gasteiger partial charge in [-0.25, -0.2) is 0 Å². The molecular weight excluding hydrogens is 476 g/mol. The van der Waals surface area contributed by atoms with Crippen molar-refractivity contribution in [3.05, 3.63) is 51.8 Å². The maximum Gasteiger partial charge on any atom is 0.119 e. The van der Waals surface area contributed by atoms with Gasteiger partial charge >= 0.3 is 0 Å². The van der Waals surface area contributed by atoms with Crippen molar-refractivity contribution < 1.29 is 14.9 Å². The minimum Gasteiger partial charge on any atom is -0.497 e. The summed E-state index contributed by atoms with van der Waals surface area (Å²) < 4.78 is 5.35. The minimum absolute atomic E-state index is 0.148. The van der Waals surface area contributed by atoms with E-state index in [-0.39, 0.29) is 12.0 Å². The lowest BCUT2D eigenvalue weighted by Crippen LogP contribution is -2.43. The van der Waals surface area contributed by atoms with Gasteiger partial charge in [-0.2, -0.15) is 11.3 Å². The molecule has 3 aromatic rings. The van der Waals surface area contributed by atoms with Crippen LogP contribution < -0.4 is 4.74 Å². The van der Waals surface area contributed by atoms with Gasteiger partial charge < -0.3 is 19.8 Å². The number of nitrogens with zero attached hydrogens (tertiary/aromatic N) is 2. The lowest BCUT2D eigenvalue weighted by atomic mass is 9.74. The van der Waals surface area contributed by atoms with E-state index >= 15 is 0 Å². The zero-order valence-corrected chi connectivity index (χ0v) is 21.3. The van der Waals surface area contributed by atoms with Gasteiger partial charge in [0.2, 0.25) is 0 Å². The highest BCUT2D eigenvalue weighted by Crippen LogP contribution is 2.40. The maximum absolute atomic E-state index is 11.1. The summed E-state index contributed by atoms with van der Waals surface area (Å²) in [6.07, 6.45) is 4.06. The zero-order chi connectivity index (χ0) is 23.3. The van der Waals surface area contributed by atoms with Crippen LogP contribution in [0.2, 0.25) is 5.02 Å². The number of pyridine rings is 1. The Hall–Kier alpha value is -1.35. The Kier molecular flexibility index (Phi) is 8.54. The van der Waals surface area contributed by atoms with Gasteiger partial charge in [0.05, 0.1) is 23.8 Å². The number of hydrogen-bond donors (Lipinski definition) is 2. The standard InChI is InChI=1S/C25H31ClN2O3S2/c1-31-18-2-3-22-20(14-18)24(21(26)15-27-22)23(30)4-6-25(17-29)7-9-28(10-8-25)11-13-33-19-5-12-32-16-19/h2-3,5,12,14-16,23,29-30H,4,6-11,13,17H2,1H3/t23-/m1/s1. The molecule has 1 atom stereocenters. The van der Waals surface area contributed by atoms with E-state index in [1.807, 2.05) is 30.0 Å². The van der Waals surface area contributed by atoms with Crippen molar-refractivity contribution in [1.82, 2.24) is 9.88 Å². The molecule has 2 aromatic heterocycles. The lowest BCUT2D eigenvalue weighted by molar-refractivity contribution is 0.0254. The summed E-state index contributed by atoms with van der Waals surface area (Å²) in [5.74, 6) is 1.79. The molecule has 1 aromatic carbocycles. The van der Waals surface area contributed by atoms with Crippen molar-refractivity contribution in [2.24, 2.45) is 5.41 Å². The molecule has 1 aliphatic heterocycles. The second-order valence-electron chi connectivity index (χ2n) is 8.76. The van der Waals surface area contributed by atoms with Crippen LogP contribution in [0.3, 0.4) is 0 Å². The number of fused-ring (bicyclic) bond motifs is 1. The van der Waals surface area contributed by atoms with E-state index in [1.165, 1.54) is 4.90 Å². The largest absolute Gasteiger partial charge is 0.497 e. The summed E-state index contributed by atoms with van der Waals surface area (Å²) in [5.41, 5.74) is 1.32. The number of aliphatic hydroxyl groups excluding tert-OH is 2. The topological polar surface area (TPSA) is 65.8 Å². The molecule has 3 heterocycles. The molecule has 4 rings (SSSR count). The first-order valence-corrected chi connectivity index (χ1v) is 13.6. The number of aliphatic hydroxyl groups is 2. The molecule has 1 saturated heterocycles. The number of halogens is 1. The number of benzene rings is 1. The number of aromatic nitrogens is 1. The SMILES string of the molecule is COc1ccc2ncc(Cl)c([C@H](O)CCC3(CO)CCN(CCSc4ccsc4)CC3)c2c1. The maximum atomic E-state index is 11.1. The summed E-state index contributed by atoms with van der Waals surface area (Å²) in [4.78, 5) is 8.22. The van der Waals surface area contributed by atoms with Crippen LogP contribution >= 0.6 is 34.7 Å². The Balaban J connectivity index is 1.35. The van der Waals surface area contributed by atoms with Crippen LogP contribution in [0.5, 0.6) is 5.75 Å². The number of methoxy groups -OCH3 is 1. The molecule has 0 aliphatic carbocycles. The van der Waals surface area contributed by atoms with Gasteiger partial charge in [0, 0.05) is 46.3 Å². The quantitative estimate of drug-likeness (QED) is 0.347. The predicted molar refractivity (Wildman–Crippen MR) is 138 cm³/mol. The molecule has 1 fully saturated rings. The van der Waals surface area contributed by atoms with Crippen LogP contribution in [0.1, 0.15) is 37.4 Å². The van der Waals surface area contributed by atoms with Crippen LogP contribution in [0.15, 0.2) is 46.1 Å². The third-order valence-corrected chi connectivity index (χ3v) is 8.88. The monoisotopic (exact) mass is 506 g/mol. The third-order valence-electron chi connectivity index (χ3n) is 6.77. The Morgan fingerprint density at radius 1 is 1.30 bits per heavy atom. The number of likely N-dealkylation sites (tertiary alicyclic amines) is 1. The zero-order valence-electron chi connectivity index (χ0n) is 18.9. The van der Waals surface area contributed by atoms with Gasteiger partial charge in [-0.15, -0.1) is 11.8 Å². The normalized spacial score (nSPS) is 17.3. The summed E-state index contributed by atoms with van der Waals surface area (Å²) >= 11 is 10.1. The summed E-state index contributed by atoms with van der Waals surface area (Å²) in [5, 5.41) is 26.9. The number of piperidine rings is 1. The van der Waals surface area contributed by atoms with Crippen molar-refractivity contribution in [1.29, 1.82) is 0 Å². The Labute approximate surface area is 208 Å². The number of ether oxygens (including phenoxy) is 1. The third kappa shape index (κ3) is 6.02. The van der Waals surface area contributed by atoms with Gasteiger partial charge in [-0.1, -0.05) is 11.6 Å². The molecule has 0 amide bonds. The highest BCUT2D eigenvalue weighted by molar-refractivity contribution is 7.99. The molecule has 1 aliphatic rings. The second kappa shape index (κ2) is 11.4. The van der Waals surface area contributed by atoms with Crippen LogP contribution in [-0.4, -0.2) is 59.2 Å². The molecule has 0 spiro atoms. The summed E-state index contributed by atoms with van der Waals surface area (Å²) in [6, 6.07) is 7.78. The van der Waals surface area contributed by atoms with Crippen LogP contribution in [0.25, 0.3) is 10.9 Å². The molecule has 0 saturated carbocycles. The molecule has 2 N–H and O–H groups in total. The van der Waals surface area contributed by atoms with Crippen molar-refractivity contribution in [3.63, 3.8) is 0 Å². The Morgan fingerprint density at radius 3 is 2.82 bits per heavy atom. The number of rotatable bonds is 10. The number of thiophene rings is 1. The fraction of sp³-hybridized carbons (Fsp3) is 0.480. The van der Waals surface area contributed by atoms with Gasteiger partial charge in [-0.3, -0.25) is 4.98 Å². The number of hydrogen-bond acceptors (Lipinski definition) is 7. The Morgan fingerprint density at radius 2 is 2.12 bits per heavy atom. The molecule has 8 heteroatoms. The van der Waals surface area contributed by atoms with Crippen molar-refractivity contribution in [2.45, 2.75) is 36.7 Å². The van der Waals surface area contributed by atoms with Crippen LogP contribution in [-0.2, 0) is 0 Å². The molecule has 0 bridgehead atoms. The summed E-state index contributed by atoms with van der Waals surface area (Å²) in [7, 11) is 1.62. The molecule has 33 heavy (non-hydrogen) atoms. The van der Waals surface area contributed by atoms with E-state index in [0.29, 0.717) is 22.8 Å². The fourth-order valence-electron chi connectivity index (χ4n) is 4.59. The van der Waals surface area contributed by atoms with Gasteiger partial charge in [0.25, 0.3) is 0 Å². The van der Waals surface area contributed by atoms with Crippen molar-refractivity contribution in [3.8, 4) is 5.75 Å². The van der Waals surface area contributed by atoms with Gasteiger partial charge in [-0.05, 0) is 73.8 Å². The first kappa shape index (κ1) is 24.8.